The molecule has 0 unspecified atom stereocenters. The van der Waals surface area contributed by atoms with Crippen LogP contribution in [-0.2, 0) is 6.54 Å². The normalized spacial score (nSPS) is 10.5. The molecule has 0 aromatic carbocycles. The second-order valence-electron chi connectivity index (χ2n) is 3.42. The highest BCUT2D eigenvalue weighted by molar-refractivity contribution is 5.75. The van der Waals surface area contributed by atoms with Crippen molar-refractivity contribution in [2.24, 2.45) is 0 Å². The van der Waals surface area contributed by atoms with E-state index in [2.05, 4.69) is 9.97 Å². The zero-order valence-corrected chi connectivity index (χ0v) is 8.53. The molecule has 0 radical (unpaired) electrons. The lowest BCUT2D eigenvalue weighted by atomic mass is 10.3. The summed E-state index contributed by atoms with van der Waals surface area (Å²) >= 11 is 0. The van der Waals surface area contributed by atoms with Crippen molar-refractivity contribution < 1.29 is 0 Å². The first kappa shape index (κ1) is 9.46. The van der Waals surface area contributed by atoms with E-state index in [1.807, 2.05) is 13.0 Å². The van der Waals surface area contributed by atoms with E-state index in [1.54, 1.807) is 13.0 Å². The van der Waals surface area contributed by atoms with Crippen LogP contribution >= 0.6 is 0 Å². The van der Waals surface area contributed by atoms with Crippen molar-refractivity contribution in [2.75, 3.05) is 0 Å². The van der Waals surface area contributed by atoms with E-state index in [0.717, 1.165) is 5.69 Å². The lowest BCUT2D eigenvalue weighted by Gasteiger charge is -2.03. The summed E-state index contributed by atoms with van der Waals surface area (Å²) in [5.41, 5.74) is 1.32. The Labute approximate surface area is 86.0 Å². The number of nitrogens with zero attached hydrogens (tertiary/aromatic N) is 3. The third kappa shape index (κ3) is 1.40. The molecular formula is C10H10N4O. The highest BCUT2D eigenvalue weighted by Crippen LogP contribution is 2.08. The minimum Gasteiger partial charge on any atom is -0.343 e. The van der Waals surface area contributed by atoms with Gasteiger partial charge >= 0.3 is 0 Å². The molecule has 2 aromatic heterocycles. The van der Waals surface area contributed by atoms with E-state index in [0.29, 0.717) is 16.9 Å². The fraction of sp³-hybridized carbons (Fsp3) is 0.300. The molecule has 2 heterocycles. The van der Waals surface area contributed by atoms with Crippen molar-refractivity contribution in [3.05, 3.63) is 27.9 Å². The molecule has 0 saturated heterocycles. The predicted molar refractivity (Wildman–Crippen MR) is 55.4 cm³/mol. The molecule has 0 atom stereocenters. The van der Waals surface area contributed by atoms with Crippen LogP contribution in [0, 0.1) is 25.2 Å². The molecule has 0 saturated carbocycles. The Hall–Kier alpha value is -2.09. The molecule has 0 bridgehead atoms. The minimum atomic E-state index is -0.164. The van der Waals surface area contributed by atoms with Crippen molar-refractivity contribution in [1.29, 1.82) is 5.26 Å². The van der Waals surface area contributed by atoms with Gasteiger partial charge in [-0.3, -0.25) is 9.36 Å². The Morgan fingerprint density at radius 1 is 1.60 bits per heavy atom. The fourth-order valence-corrected chi connectivity index (χ4v) is 1.60. The summed E-state index contributed by atoms with van der Waals surface area (Å²) in [6, 6.07) is 3.70. The summed E-state index contributed by atoms with van der Waals surface area (Å²) in [5.74, 6) is 0.552. The van der Waals surface area contributed by atoms with Crippen LogP contribution in [0.15, 0.2) is 10.9 Å². The number of aromatic nitrogens is 3. The van der Waals surface area contributed by atoms with E-state index in [-0.39, 0.29) is 12.1 Å². The van der Waals surface area contributed by atoms with E-state index in [9.17, 15) is 4.79 Å². The van der Waals surface area contributed by atoms with Gasteiger partial charge in [0.25, 0.3) is 5.56 Å². The zero-order valence-electron chi connectivity index (χ0n) is 8.53. The predicted octanol–water partition coefficient (Wildman–Crippen LogP) is 0.865. The standard InChI is InChI=1S/C10H10N4O/c1-6-5-8-9(12-6)13-7(2)14(4-3-11)10(8)15/h5,12H,4H2,1-2H3. The van der Waals surface area contributed by atoms with Crippen LogP contribution in [0.1, 0.15) is 11.5 Å². The Morgan fingerprint density at radius 3 is 3.00 bits per heavy atom. The van der Waals surface area contributed by atoms with E-state index < -0.39 is 0 Å². The van der Waals surface area contributed by atoms with Crippen LogP contribution in [0.25, 0.3) is 11.0 Å². The molecule has 0 aliphatic carbocycles. The van der Waals surface area contributed by atoms with Gasteiger partial charge in [-0.1, -0.05) is 0 Å². The number of rotatable bonds is 1. The Kier molecular flexibility index (Phi) is 2.05. The largest absolute Gasteiger partial charge is 0.343 e. The quantitative estimate of drug-likeness (QED) is 0.745. The van der Waals surface area contributed by atoms with Gasteiger partial charge < -0.3 is 4.98 Å². The maximum atomic E-state index is 11.9. The molecule has 5 nitrogen and oxygen atoms in total. The van der Waals surface area contributed by atoms with Gasteiger partial charge in [-0.05, 0) is 19.9 Å². The van der Waals surface area contributed by atoms with Gasteiger partial charge in [0.1, 0.15) is 18.0 Å². The first-order chi connectivity index (χ1) is 7.13. The number of hydrogen-bond donors (Lipinski definition) is 1. The van der Waals surface area contributed by atoms with Gasteiger partial charge in [-0.2, -0.15) is 5.26 Å². The monoisotopic (exact) mass is 202 g/mol. The molecule has 0 amide bonds. The van der Waals surface area contributed by atoms with E-state index in [1.165, 1.54) is 4.57 Å². The maximum absolute atomic E-state index is 11.9. The SMILES string of the molecule is Cc1cc2c(=O)n(CC#N)c(C)nc2[nH]1. The molecule has 0 aliphatic heterocycles. The number of nitrogens with one attached hydrogen (secondary N) is 1. The van der Waals surface area contributed by atoms with Gasteiger partial charge in [-0.15, -0.1) is 0 Å². The van der Waals surface area contributed by atoms with Crippen molar-refractivity contribution >= 4 is 11.0 Å². The molecule has 0 aliphatic rings. The summed E-state index contributed by atoms with van der Waals surface area (Å²) in [6.45, 7) is 3.62. The summed E-state index contributed by atoms with van der Waals surface area (Å²) in [4.78, 5) is 19.1. The Balaban J connectivity index is 2.84. The van der Waals surface area contributed by atoms with E-state index in [4.69, 9.17) is 5.26 Å². The van der Waals surface area contributed by atoms with Crippen LogP contribution < -0.4 is 5.56 Å². The van der Waals surface area contributed by atoms with Gasteiger partial charge in [-0.25, -0.2) is 4.98 Å². The van der Waals surface area contributed by atoms with Crippen LogP contribution in [0.4, 0.5) is 0 Å². The molecule has 2 rings (SSSR count). The molecule has 0 spiro atoms. The number of nitriles is 1. The van der Waals surface area contributed by atoms with Crippen molar-refractivity contribution in [2.45, 2.75) is 20.4 Å². The van der Waals surface area contributed by atoms with Crippen LogP contribution in [0.3, 0.4) is 0 Å². The maximum Gasteiger partial charge on any atom is 0.263 e. The fourth-order valence-electron chi connectivity index (χ4n) is 1.60. The third-order valence-electron chi connectivity index (χ3n) is 2.30. The zero-order chi connectivity index (χ0) is 11.0. The smallest absolute Gasteiger partial charge is 0.263 e. The summed E-state index contributed by atoms with van der Waals surface area (Å²) < 4.78 is 1.37. The Morgan fingerprint density at radius 2 is 2.33 bits per heavy atom. The summed E-state index contributed by atoms with van der Waals surface area (Å²) in [7, 11) is 0. The number of aryl methyl sites for hydroxylation is 2. The van der Waals surface area contributed by atoms with Crippen molar-refractivity contribution in [3.63, 3.8) is 0 Å². The van der Waals surface area contributed by atoms with Crippen LogP contribution in [0.5, 0.6) is 0 Å². The minimum absolute atomic E-state index is 0.0395. The summed E-state index contributed by atoms with van der Waals surface area (Å²) in [5, 5.41) is 9.14. The lowest BCUT2D eigenvalue weighted by Crippen LogP contribution is -2.22. The van der Waals surface area contributed by atoms with Gasteiger partial charge in [0.05, 0.1) is 11.5 Å². The molecule has 5 heteroatoms. The molecule has 2 aromatic rings. The van der Waals surface area contributed by atoms with Crippen molar-refractivity contribution in [1.82, 2.24) is 14.5 Å². The van der Waals surface area contributed by atoms with E-state index >= 15 is 0 Å². The van der Waals surface area contributed by atoms with Gasteiger partial charge in [0, 0.05) is 5.69 Å². The highest BCUT2D eigenvalue weighted by atomic mass is 16.1. The topological polar surface area (TPSA) is 74.5 Å². The molecule has 1 N–H and O–H groups in total. The molecule has 15 heavy (non-hydrogen) atoms. The van der Waals surface area contributed by atoms with Gasteiger partial charge in [0.15, 0.2) is 0 Å². The second kappa shape index (κ2) is 3.24. The van der Waals surface area contributed by atoms with Crippen LogP contribution in [0.2, 0.25) is 0 Å². The number of hydrogen-bond acceptors (Lipinski definition) is 3. The van der Waals surface area contributed by atoms with Gasteiger partial charge in [0.2, 0.25) is 0 Å². The lowest BCUT2D eigenvalue weighted by molar-refractivity contribution is 0.735. The first-order valence-electron chi connectivity index (χ1n) is 4.57. The number of aromatic amines is 1. The first-order valence-corrected chi connectivity index (χ1v) is 4.57. The highest BCUT2D eigenvalue weighted by Gasteiger charge is 2.09. The average Bonchev–Trinajstić information content (AvgIpc) is 2.53. The van der Waals surface area contributed by atoms with Crippen LogP contribution in [-0.4, -0.2) is 14.5 Å². The van der Waals surface area contributed by atoms with Crippen molar-refractivity contribution in [3.8, 4) is 6.07 Å². The second-order valence-corrected chi connectivity index (χ2v) is 3.42. The third-order valence-corrected chi connectivity index (χ3v) is 2.30. The molecular weight excluding hydrogens is 192 g/mol. The molecule has 0 fully saturated rings. The number of fused-ring (bicyclic) bond motifs is 1. The molecule has 76 valence electrons. The number of H-pyrrole nitrogens is 1. The average molecular weight is 202 g/mol. The Bertz CT molecular complexity index is 615. The summed E-state index contributed by atoms with van der Waals surface area (Å²) in [6.07, 6.45) is 0.